The summed E-state index contributed by atoms with van der Waals surface area (Å²) < 4.78 is 12.2. The minimum atomic E-state index is -1.13. The Morgan fingerprint density at radius 2 is 2.00 bits per heavy atom. The summed E-state index contributed by atoms with van der Waals surface area (Å²) in [5.74, 6) is -0.548. The SMILES string of the molecule is OC[C@H](O)c1ncc(F)cn1. The van der Waals surface area contributed by atoms with E-state index in [-0.39, 0.29) is 5.82 Å². The molecular weight excluding hydrogens is 151 g/mol. The number of hydrogen-bond donors (Lipinski definition) is 2. The molecule has 1 aromatic rings. The van der Waals surface area contributed by atoms with E-state index in [1.807, 2.05) is 0 Å². The van der Waals surface area contributed by atoms with Gasteiger partial charge in [0.15, 0.2) is 11.6 Å². The molecule has 0 unspecified atom stereocenters. The smallest absolute Gasteiger partial charge is 0.159 e. The summed E-state index contributed by atoms with van der Waals surface area (Å²) in [6.07, 6.45) is 0.734. The van der Waals surface area contributed by atoms with Crippen LogP contribution in [0.25, 0.3) is 0 Å². The Kier molecular flexibility index (Phi) is 2.45. The molecule has 0 saturated heterocycles. The quantitative estimate of drug-likeness (QED) is 0.617. The Balaban J connectivity index is 2.81. The Bertz CT molecular complexity index is 227. The molecule has 4 nitrogen and oxygen atoms in total. The number of aliphatic hydroxyl groups is 2. The van der Waals surface area contributed by atoms with Crippen LogP contribution in [0, 0.1) is 5.82 Å². The molecule has 0 aliphatic heterocycles. The summed E-state index contributed by atoms with van der Waals surface area (Å²) in [5, 5.41) is 17.4. The lowest BCUT2D eigenvalue weighted by molar-refractivity contribution is 0.0884. The van der Waals surface area contributed by atoms with Crippen molar-refractivity contribution in [3.8, 4) is 0 Å². The molecule has 0 spiro atoms. The third-order valence-corrected chi connectivity index (χ3v) is 1.11. The van der Waals surface area contributed by atoms with Gasteiger partial charge in [0, 0.05) is 0 Å². The molecule has 0 amide bonds. The molecule has 11 heavy (non-hydrogen) atoms. The van der Waals surface area contributed by atoms with Crippen molar-refractivity contribution >= 4 is 0 Å². The van der Waals surface area contributed by atoms with E-state index in [1.54, 1.807) is 0 Å². The lowest BCUT2D eigenvalue weighted by atomic mass is 10.3. The second-order valence-electron chi connectivity index (χ2n) is 1.96. The van der Waals surface area contributed by atoms with E-state index in [4.69, 9.17) is 10.2 Å². The van der Waals surface area contributed by atoms with Crippen molar-refractivity contribution in [3.05, 3.63) is 24.0 Å². The van der Waals surface area contributed by atoms with Crippen LogP contribution < -0.4 is 0 Å². The predicted molar refractivity (Wildman–Crippen MR) is 34.0 cm³/mol. The summed E-state index contributed by atoms with van der Waals surface area (Å²) in [5.41, 5.74) is 0. The zero-order valence-electron chi connectivity index (χ0n) is 5.61. The zero-order chi connectivity index (χ0) is 8.27. The molecule has 2 N–H and O–H groups in total. The maximum atomic E-state index is 12.2. The first-order chi connectivity index (χ1) is 5.24. The summed E-state index contributed by atoms with van der Waals surface area (Å²) >= 11 is 0. The maximum Gasteiger partial charge on any atom is 0.159 e. The maximum absolute atomic E-state index is 12.2. The molecule has 60 valence electrons. The first-order valence-corrected chi connectivity index (χ1v) is 3.00. The second kappa shape index (κ2) is 3.36. The third kappa shape index (κ3) is 1.92. The Morgan fingerprint density at radius 3 is 2.45 bits per heavy atom. The van der Waals surface area contributed by atoms with Crippen LogP contribution in [-0.2, 0) is 0 Å². The highest BCUT2D eigenvalue weighted by molar-refractivity contribution is 4.94. The number of aromatic nitrogens is 2. The van der Waals surface area contributed by atoms with Gasteiger partial charge in [-0.15, -0.1) is 0 Å². The Morgan fingerprint density at radius 1 is 1.45 bits per heavy atom. The van der Waals surface area contributed by atoms with Crippen LogP contribution in [0.1, 0.15) is 11.9 Å². The number of rotatable bonds is 2. The lowest BCUT2D eigenvalue weighted by Crippen LogP contribution is -2.07. The van der Waals surface area contributed by atoms with Crippen LogP contribution in [-0.4, -0.2) is 26.8 Å². The first kappa shape index (κ1) is 8.03. The highest BCUT2D eigenvalue weighted by Crippen LogP contribution is 2.04. The standard InChI is InChI=1S/C6H7FN2O2/c7-4-1-8-6(9-2-4)5(11)3-10/h1-2,5,10-11H,3H2/t5-/m0/s1. The topological polar surface area (TPSA) is 66.2 Å². The largest absolute Gasteiger partial charge is 0.393 e. The molecule has 0 aromatic carbocycles. The van der Waals surface area contributed by atoms with Gasteiger partial charge in [0.2, 0.25) is 0 Å². The normalized spacial score (nSPS) is 13.0. The van der Waals surface area contributed by atoms with Crippen LogP contribution in [0.3, 0.4) is 0 Å². The Hall–Kier alpha value is -1.07. The van der Waals surface area contributed by atoms with Crippen molar-refractivity contribution < 1.29 is 14.6 Å². The molecule has 0 radical (unpaired) electrons. The zero-order valence-corrected chi connectivity index (χ0v) is 5.61. The molecule has 1 atom stereocenters. The average Bonchev–Trinajstić information content (AvgIpc) is 2.05. The molecular formula is C6H7FN2O2. The summed E-state index contributed by atoms with van der Waals surface area (Å²) in [7, 11) is 0. The van der Waals surface area contributed by atoms with E-state index in [0.717, 1.165) is 12.4 Å². The molecule has 0 fully saturated rings. The fourth-order valence-corrected chi connectivity index (χ4v) is 0.576. The van der Waals surface area contributed by atoms with Gasteiger partial charge >= 0.3 is 0 Å². The fourth-order valence-electron chi connectivity index (χ4n) is 0.576. The second-order valence-corrected chi connectivity index (χ2v) is 1.96. The number of hydrogen-bond acceptors (Lipinski definition) is 4. The van der Waals surface area contributed by atoms with E-state index in [9.17, 15) is 4.39 Å². The van der Waals surface area contributed by atoms with Gasteiger partial charge in [-0.3, -0.25) is 0 Å². The average molecular weight is 158 g/mol. The molecule has 1 rings (SSSR count). The molecule has 1 aromatic heterocycles. The lowest BCUT2D eigenvalue weighted by Gasteiger charge is -2.02. The van der Waals surface area contributed by atoms with Gasteiger partial charge in [0.05, 0.1) is 19.0 Å². The molecule has 0 bridgehead atoms. The highest BCUT2D eigenvalue weighted by Gasteiger charge is 2.07. The fraction of sp³-hybridized carbons (Fsp3) is 0.333. The number of nitrogens with zero attached hydrogens (tertiary/aromatic N) is 2. The van der Waals surface area contributed by atoms with E-state index in [1.165, 1.54) is 0 Å². The van der Waals surface area contributed by atoms with Gasteiger partial charge in [-0.1, -0.05) is 0 Å². The van der Waals surface area contributed by atoms with Crippen LogP contribution in [0.4, 0.5) is 4.39 Å². The van der Waals surface area contributed by atoms with Crippen LogP contribution >= 0.6 is 0 Å². The van der Waals surface area contributed by atoms with Crippen molar-refractivity contribution in [3.63, 3.8) is 0 Å². The minimum absolute atomic E-state index is 0.0221. The van der Waals surface area contributed by atoms with E-state index in [2.05, 4.69) is 9.97 Å². The van der Waals surface area contributed by atoms with Gasteiger partial charge in [0.25, 0.3) is 0 Å². The molecule has 0 aliphatic carbocycles. The summed E-state index contributed by atoms with van der Waals surface area (Å²) in [6, 6.07) is 0. The van der Waals surface area contributed by atoms with Gasteiger partial charge in [-0.05, 0) is 0 Å². The van der Waals surface area contributed by atoms with Gasteiger partial charge < -0.3 is 10.2 Å². The van der Waals surface area contributed by atoms with Crippen molar-refractivity contribution in [2.24, 2.45) is 0 Å². The number of halogens is 1. The van der Waals surface area contributed by atoms with Crippen LogP contribution in [0.2, 0.25) is 0 Å². The van der Waals surface area contributed by atoms with E-state index in [0.29, 0.717) is 0 Å². The van der Waals surface area contributed by atoms with E-state index >= 15 is 0 Å². The first-order valence-electron chi connectivity index (χ1n) is 3.00. The van der Waals surface area contributed by atoms with E-state index < -0.39 is 18.5 Å². The highest BCUT2D eigenvalue weighted by atomic mass is 19.1. The van der Waals surface area contributed by atoms with Gasteiger partial charge in [0.1, 0.15) is 6.10 Å². The van der Waals surface area contributed by atoms with Crippen molar-refractivity contribution in [2.75, 3.05) is 6.61 Å². The monoisotopic (exact) mass is 158 g/mol. The summed E-state index contributed by atoms with van der Waals surface area (Å²) in [6.45, 7) is -0.467. The summed E-state index contributed by atoms with van der Waals surface area (Å²) in [4.78, 5) is 6.91. The minimum Gasteiger partial charge on any atom is -0.393 e. The number of aliphatic hydroxyl groups excluding tert-OH is 2. The molecule has 0 saturated carbocycles. The molecule has 0 aliphatic rings. The van der Waals surface area contributed by atoms with Crippen molar-refractivity contribution in [1.82, 2.24) is 9.97 Å². The molecule has 1 heterocycles. The van der Waals surface area contributed by atoms with Crippen molar-refractivity contribution in [1.29, 1.82) is 0 Å². The van der Waals surface area contributed by atoms with Crippen LogP contribution in [0.5, 0.6) is 0 Å². The third-order valence-electron chi connectivity index (χ3n) is 1.11. The predicted octanol–water partition coefficient (Wildman–Crippen LogP) is -0.359. The van der Waals surface area contributed by atoms with Crippen molar-refractivity contribution in [2.45, 2.75) is 6.10 Å². The Labute approximate surface area is 62.4 Å². The van der Waals surface area contributed by atoms with Gasteiger partial charge in [-0.2, -0.15) is 0 Å². The van der Waals surface area contributed by atoms with Gasteiger partial charge in [-0.25, -0.2) is 14.4 Å². The van der Waals surface area contributed by atoms with Crippen LogP contribution in [0.15, 0.2) is 12.4 Å². The molecule has 5 heteroatoms.